The van der Waals surface area contributed by atoms with Gasteiger partial charge in [-0.2, -0.15) is 0 Å². The van der Waals surface area contributed by atoms with Gasteiger partial charge in [-0.15, -0.1) is 21.5 Å². The maximum atomic E-state index is 13.6. The molecule has 2 amide bonds. The first kappa shape index (κ1) is 49.9. The third kappa shape index (κ3) is 12.1. The number of rotatable bonds is 23. The van der Waals surface area contributed by atoms with Crippen LogP contribution in [-0.2, 0) is 36.6 Å². The summed E-state index contributed by atoms with van der Waals surface area (Å²) in [5.74, 6) is 2.27. The van der Waals surface area contributed by atoms with Crippen LogP contribution in [0.5, 0.6) is 5.75 Å². The van der Waals surface area contributed by atoms with Gasteiger partial charge < -0.3 is 34.9 Å². The van der Waals surface area contributed by atoms with E-state index in [2.05, 4.69) is 40.0 Å². The maximum Gasteiger partial charge on any atom is 0.228 e. The third-order valence-corrected chi connectivity index (χ3v) is 13.8. The van der Waals surface area contributed by atoms with E-state index in [1.165, 1.54) is 4.88 Å². The van der Waals surface area contributed by atoms with E-state index in [9.17, 15) is 14.4 Å². The van der Waals surface area contributed by atoms with Crippen LogP contribution in [0.25, 0.3) is 16.1 Å². The van der Waals surface area contributed by atoms with Crippen LogP contribution in [0.2, 0.25) is 5.02 Å². The Morgan fingerprint density at radius 3 is 2.31 bits per heavy atom. The number of thiophene rings is 1. The number of nitrogens with zero attached hydrogens (tertiary/aromatic N) is 5. The minimum atomic E-state index is -0.581. The van der Waals surface area contributed by atoms with E-state index in [4.69, 9.17) is 40.5 Å². The number of ether oxygens (including phenoxy) is 4. The Hall–Kier alpha value is -7.08. The molecule has 15 nitrogen and oxygen atoms in total. The highest BCUT2D eigenvalue weighted by molar-refractivity contribution is 7.15. The zero-order valence-electron chi connectivity index (χ0n) is 40.3. The molecule has 0 unspecified atom stereocenters. The highest BCUT2D eigenvalue weighted by Gasteiger charge is 2.32. The number of pyridine rings is 1. The molecule has 0 aliphatic carbocycles. The summed E-state index contributed by atoms with van der Waals surface area (Å²) >= 11 is 7.92. The molecule has 0 fully saturated rings. The molecule has 370 valence electrons. The summed E-state index contributed by atoms with van der Waals surface area (Å²) in [5, 5.41) is 19.7. The molecule has 72 heavy (non-hydrogen) atoms. The number of amides is 2. The molecule has 0 saturated heterocycles. The van der Waals surface area contributed by atoms with Gasteiger partial charge >= 0.3 is 0 Å². The molecule has 7 aromatic rings. The van der Waals surface area contributed by atoms with E-state index in [1.807, 2.05) is 96.4 Å². The van der Waals surface area contributed by atoms with E-state index in [0.717, 1.165) is 61.2 Å². The summed E-state index contributed by atoms with van der Waals surface area (Å²) in [6.07, 6.45) is 1.30. The Morgan fingerprint density at radius 2 is 1.54 bits per heavy atom. The van der Waals surface area contributed by atoms with Crippen molar-refractivity contribution in [2.45, 2.75) is 52.5 Å². The minimum absolute atomic E-state index is 0.0400. The van der Waals surface area contributed by atoms with Gasteiger partial charge in [0.1, 0.15) is 40.7 Å². The van der Waals surface area contributed by atoms with Crippen molar-refractivity contribution >= 4 is 63.4 Å². The van der Waals surface area contributed by atoms with E-state index in [0.29, 0.717) is 106 Å². The van der Waals surface area contributed by atoms with Gasteiger partial charge in [0.15, 0.2) is 11.6 Å². The zero-order chi connectivity index (χ0) is 50.0. The Morgan fingerprint density at radius 1 is 0.819 bits per heavy atom. The Kier molecular flexibility index (Phi) is 16.2. The van der Waals surface area contributed by atoms with Crippen LogP contribution in [0.3, 0.4) is 0 Å². The fourth-order valence-electron chi connectivity index (χ4n) is 8.59. The third-order valence-electron chi connectivity index (χ3n) is 12.4. The molecule has 2 aliphatic rings. The van der Waals surface area contributed by atoms with Crippen molar-refractivity contribution in [1.29, 1.82) is 0 Å². The van der Waals surface area contributed by atoms with Crippen molar-refractivity contribution < 1.29 is 33.3 Å². The first-order valence-electron chi connectivity index (χ1n) is 24.0. The van der Waals surface area contributed by atoms with E-state index in [-0.39, 0.29) is 24.0 Å². The number of nitrogens with one attached hydrogen (secondary N) is 3. The fourth-order valence-corrected chi connectivity index (χ4v) is 9.93. The SMILES string of the molecule is Cc1sc2c(c1C)C(c1ccc(Cl)cc1)=N[C@@H](CC(=O)Nc1ccc(OCCOCCOCCOCCNc3ccc(-c4ccc5c(c4)CC(=O)N5)c(C(=O)CCc4ccccc4)n3)cc1)c1nnc(C)n1-2. The van der Waals surface area contributed by atoms with Crippen molar-refractivity contribution in [1.82, 2.24) is 19.7 Å². The lowest BCUT2D eigenvalue weighted by Crippen LogP contribution is -2.17. The Balaban J connectivity index is 0.668. The first-order chi connectivity index (χ1) is 35.1. The second-order valence-electron chi connectivity index (χ2n) is 17.4. The number of aryl methyl sites for hydroxylation is 3. The summed E-state index contributed by atoms with van der Waals surface area (Å²) < 4.78 is 25.0. The predicted molar refractivity (Wildman–Crippen MR) is 281 cm³/mol. The minimum Gasteiger partial charge on any atom is -0.491 e. The maximum absolute atomic E-state index is 13.6. The number of Topliss-reactive ketones (excluding diaryl/α,β-unsaturated/α-hetero) is 1. The number of benzene rings is 4. The molecule has 3 N–H and O–H groups in total. The number of halogens is 1. The fraction of sp³-hybridized carbons (Fsp3) is 0.291. The summed E-state index contributed by atoms with van der Waals surface area (Å²) in [6, 6.07) is 33.7. The second kappa shape index (κ2) is 23.4. The average Bonchev–Trinajstić information content (AvgIpc) is 4.03. The number of aromatic nitrogens is 4. The van der Waals surface area contributed by atoms with Gasteiger partial charge in [0.05, 0.1) is 58.2 Å². The largest absolute Gasteiger partial charge is 0.491 e. The summed E-state index contributed by atoms with van der Waals surface area (Å²) in [4.78, 5) is 50.3. The lowest BCUT2D eigenvalue weighted by atomic mass is 9.96. The Labute approximate surface area is 427 Å². The molecule has 0 saturated carbocycles. The molecular weight excluding hydrogens is 952 g/mol. The summed E-state index contributed by atoms with van der Waals surface area (Å²) in [6.45, 7) is 9.36. The van der Waals surface area contributed by atoms with Crippen LogP contribution in [0.1, 0.15) is 73.7 Å². The van der Waals surface area contributed by atoms with Crippen molar-refractivity contribution in [3.8, 4) is 21.9 Å². The molecule has 3 aromatic heterocycles. The molecule has 0 radical (unpaired) electrons. The number of anilines is 3. The Bertz CT molecular complexity index is 3090. The standard InChI is InChI=1S/C55H55ClN8O7S/c1-34-35(2)72-55-51(34)52(38-10-13-41(56)14-11-38)60-46(54-63-62-36(3)64(54)55)33-50(67)58-42-15-17-43(18-16-42)71-30-29-70-28-27-69-26-25-68-24-23-57-48-22-19-44(39-12-20-45-40(31-39)32-49(66)59-45)53(61-48)47(65)21-9-37-7-5-4-6-8-37/h4-8,10-20,22,31,46H,9,21,23-30,32-33H2,1-3H3,(H,57,61)(H,58,67)(H,59,66)/t46-/m0/s1. The number of hydrogen-bond acceptors (Lipinski definition) is 13. The van der Waals surface area contributed by atoms with Crippen LogP contribution in [0.15, 0.2) is 114 Å². The van der Waals surface area contributed by atoms with Gasteiger partial charge in [-0.05, 0) is 110 Å². The van der Waals surface area contributed by atoms with E-state index >= 15 is 0 Å². The topological polar surface area (TPSA) is 180 Å². The van der Waals surface area contributed by atoms with Gasteiger partial charge in [-0.25, -0.2) is 4.98 Å². The second-order valence-corrected chi connectivity index (χ2v) is 19.0. The molecule has 2 aliphatic heterocycles. The van der Waals surface area contributed by atoms with Gasteiger partial charge in [-0.1, -0.05) is 60.1 Å². The molecule has 5 heterocycles. The molecule has 9 rings (SSSR count). The average molecular weight is 1010 g/mol. The molecule has 4 aromatic carbocycles. The van der Waals surface area contributed by atoms with Crippen LogP contribution in [0, 0.1) is 20.8 Å². The number of aliphatic imine (C=N–C) groups is 1. The molecule has 0 spiro atoms. The summed E-state index contributed by atoms with van der Waals surface area (Å²) in [7, 11) is 0. The van der Waals surface area contributed by atoms with Gasteiger partial charge in [0, 0.05) is 50.9 Å². The lowest BCUT2D eigenvalue weighted by molar-refractivity contribution is -0.117. The smallest absolute Gasteiger partial charge is 0.228 e. The van der Waals surface area contributed by atoms with Crippen molar-refractivity contribution in [3.63, 3.8) is 0 Å². The molecule has 0 bridgehead atoms. The molecule has 17 heteroatoms. The quantitative estimate of drug-likeness (QED) is 0.0410. The normalized spacial score (nSPS) is 13.6. The van der Waals surface area contributed by atoms with Crippen molar-refractivity contribution in [2.24, 2.45) is 4.99 Å². The van der Waals surface area contributed by atoms with Gasteiger partial charge in [0.2, 0.25) is 11.8 Å². The van der Waals surface area contributed by atoms with Crippen molar-refractivity contribution in [2.75, 3.05) is 68.7 Å². The number of ketones is 1. The van der Waals surface area contributed by atoms with Crippen LogP contribution in [0.4, 0.5) is 17.2 Å². The number of hydrogen-bond donors (Lipinski definition) is 3. The van der Waals surface area contributed by atoms with Gasteiger partial charge in [-0.3, -0.25) is 23.9 Å². The lowest BCUT2D eigenvalue weighted by Gasteiger charge is -2.13. The predicted octanol–water partition coefficient (Wildman–Crippen LogP) is 9.74. The zero-order valence-corrected chi connectivity index (χ0v) is 41.9. The highest BCUT2D eigenvalue weighted by Crippen LogP contribution is 2.40. The number of fused-ring (bicyclic) bond motifs is 4. The number of carbonyl (C=O) groups is 3. The van der Waals surface area contributed by atoms with Crippen LogP contribution >= 0.6 is 22.9 Å². The van der Waals surface area contributed by atoms with Crippen molar-refractivity contribution in [3.05, 3.63) is 164 Å². The number of carbonyl (C=O) groups excluding carboxylic acids is 3. The highest BCUT2D eigenvalue weighted by atomic mass is 35.5. The summed E-state index contributed by atoms with van der Waals surface area (Å²) in [5.41, 5.74) is 9.22. The van der Waals surface area contributed by atoms with Crippen LogP contribution < -0.4 is 20.7 Å². The van der Waals surface area contributed by atoms with Gasteiger partial charge in [0.25, 0.3) is 0 Å². The molecule has 1 atom stereocenters. The monoisotopic (exact) mass is 1010 g/mol. The van der Waals surface area contributed by atoms with Crippen LogP contribution in [-0.4, -0.2) is 95.9 Å². The van der Waals surface area contributed by atoms with E-state index < -0.39 is 6.04 Å². The first-order valence-corrected chi connectivity index (χ1v) is 25.1. The van der Waals surface area contributed by atoms with E-state index in [1.54, 1.807) is 35.6 Å². The molecular formula is C55H55ClN8O7S.